The van der Waals surface area contributed by atoms with E-state index in [2.05, 4.69) is 33.6 Å². The minimum absolute atomic E-state index is 0.372. The number of hydrogen-bond acceptors (Lipinski definition) is 5. The molecule has 18 heavy (non-hydrogen) atoms. The zero-order chi connectivity index (χ0) is 13.0. The van der Waals surface area contributed by atoms with Gasteiger partial charge in [0.25, 0.3) is 0 Å². The first-order valence-corrected chi connectivity index (χ1v) is 6.38. The Balaban J connectivity index is 1.91. The van der Waals surface area contributed by atoms with E-state index in [1.165, 1.54) is 6.20 Å². The van der Waals surface area contributed by atoms with Crippen LogP contribution in [-0.4, -0.2) is 47.6 Å². The molecule has 2 heterocycles. The second kappa shape index (κ2) is 5.78. The van der Waals surface area contributed by atoms with Crippen molar-refractivity contribution in [2.45, 2.75) is 13.8 Å². The highest BCUT2D eigenvalue weighted by Gasteiger charge is 2.18. The lowest BCUT2D eigenvalue weighted by molar-refractivity contribution is 0.231. The van der Waals surface area contributed by atoms with Crippen LogP contribution in [0.3, 0.4) is 0 Å². The number of anilines is 1. The monoisotopic (exact) mass is 245 g/mol. The molecular weight excluding hydrogens is 226 g/mol. The standard InChI is InChI=1S/C13H19N5/c1-11(2)10-17-3-5-18(6-4-17)13-9-15-12(7-14)8-16-13/h8-9,11H,3-6,10H2,1-2H3. The molecule has 5 heteroatoms. The predicted octanol–water partition coefficient (Wildman–Crippen LogP) is 1.13. The topological polar surface area (TPSA) is 56.0 Å². The Labute approximate surface area is 108 Å². The summed E-state index contributed by atoms with van der Waals surface area (Å²) in [7, 11) is 0. The average molecular weight is 245 g/mol. The molecule has 0 spiro atoms. The fourth-order valence-corrected chi connectivity index (χ4v) is 2.22. The van der Waals surface area contributed by atoms with Crippen LogP contribution in [-0.2, 0) is 0 Å². The van der Waals surface area contributed by atoms with E-state index in [1.54, 1.807) is 6.20 Å². The Bertz CT molecular complexity index is 412. The van der Waals surface area contributed by atoms with Crippen LogP contribution in [0.15, 0.2) is 12.4 Å². The van der Waals surface area contributed by atoms with Crippen molar-refractivity contribution in [1.82, 2.24) is 14.9 Å². The second-order valence-corrected chi connectivity index (χ2v) is 5.05. The van der Waals surface area contributed by atoms with Gasteiger partial charge in [-0.25, -0.2) is 9.97 Å². The van der Waals surface area contributed by atoms with E-state index in [0.717, 1.165) is 38.5 Å². The number of nitrogens with zero attached hydrogens (tertiary/aromatic N) is 5. The van der Waals surface area contributed by atoms with Crippen molar-refractivity contribution < 1.29 is 0 Å². The zero-order valence-corrected chi connectivity index (χ0v) is 11.0. The van der Waals surface area contributed by atoms with Gasteiger partial charge in [0, 0.05) is 32.7 Å². The summed E-state index contributed by atoms with van der Waals surface area (Å²) in [5.41, 5.74) is 0.372. The van der Waals surface area contributed by atoms with Gasteiger partial charge >= 0.3 is 0 Å². The molecule has 1 fully saturated rings. The predicted molar refractivity (Wildman–Crippen MR) is 70.2 cm³/mol. The molecule has 1 aromatic rings. The smallest absolute Gasteiger partial charge is 0.158 e. The van der Waals surface area contributed by atoms with E-state index in [4.69, 9.17) is 5.26 Å². The molecule has 1 aromatic heterocycles. The van der Waals surface area contributed by atoms with Gasteiger partial charge in [0.2, 0.25) is 0 Å². The maximum absolute atomic E-state index is 8.68. The van der Waals surface area contributed by atoms with Crippen molar-refractivity contribution >= 4 is 5.82 Å². The van der Waals surface area contributed by atoms with E-state index in [-0.39, 0.29) is 0 Å². The van der Waals surface area contributed by atoms with E-state index in [0.29, 0.717) is 11.6 Å². The van der Waals surface area contributed by atoms with Gasteiger partial charge in [-0.05, 0) is 5.92 Å². The second-order valence-electron chi connectivity index (χ2n) is 5.05. The first-order valence-electron chi connectivity index (χ1n) is 6.38. The van der Waals surface area contributed by atoms with E-state index >= 15 is 0 Å². The number of piperazine rings is 1. The number of nitriles is 1. The Hall–Kier alpha value is -1.67. The molecule has 1 aliphatic rings. The molecule has 0 unspecified atom stereocenters. The normalized spacial score (nSPS) is 16.9. The summed E-state index contributed by atoms with van der Waals surface area (Å²) >= 11 is 0. The first kappa shape index (κ1) is 12.8. The Morgan fingerprint density at radius 2 is 1.94 bits per heavy atom. The molecule has 1 aliphatic heterocycles. The highest BCUT2D eigenvalue weighted by atomic mass is 15.3. The van der Waals surface area contributed by atoms with Crippen molar-refractivity contribution in [1.29, 1.82) is 5.26 Å². The minimum atomic E-state index is 0.372. The molecule has 0 bridgehead atoms. The quantitative estimate of drug-likeness (QED) is 0.799. The van der Waals surface area contributed by atoms with Gasteiger partial charge in [0.05, 0.1) is 12.4 Å². The Kier molecular flexibility index (Phi) is 4.11. The molecule has 0 radical (unpaired) electrons. The van der Waals surface area contributed by atoms with Crippen LogP contribution in [0.25, 0.3) is 0 Å². The third kappa shape index (κ3) is 3.17. The van der Waals surface area contributed by atoms with Gasteiger partial charge in [-0.1, -0.05) is 13.8 Å². The zero-order valence-electron chi connectivity index (χ0n) is 11.0. The lowest BCUT2D eigenvalue weighted by atomic mass is 10.2. The maximum Gasteiger partial charge on any atom is 0.158 e. The Morgan fingerprint density at radius 1 is 1.22 bits per heavy atom. The number of aromatic nitrogens is 2. The molecule has 0 N–H and O–H groups in total. The van der Waals surface area contributed by atoms with Crippen LogP contribution < -0.4 is 4.90 Å². The maximum atomic E-state index is 8.68. The fraction of sp³-hybridized carbons (Fsp3) is 0.615. The summed E-state index contributed by atoms with van der Waals surface area (Å²) in [6, 6.07) is 1.99. The van der Waals surface area contributed by atoms with E-state index < -0.39 is 0 Å². The van der Waals surface area contributed by atoms with Gasteiger partial charge in [-0.2, -0.15) is 5.26 Å². The van der Waals surface area contributed by atoms with Crippen molar-refractivity contribution in [2.75, 3.05) is 37.6 Å². The fourth-order valence-electron chi connectivity index (χ4n) is 2.22. The highest BCUT2D eigenvalue weighted by Crippen LogP contribution is 2.13. The van der Waals surface area contributed by atoms with Crippen LogP contribution in [0.1, 0.15) is 19.5 Å². The number of rotatable bonds is 3. The third-order valence-electron chi connectivity index (χ3n) is 3.07. The van der Waals surface area contributed by atoms with Crippen LogP contribution in [0, 0.1) is 17.2 Å². The van der Waals surface area contributed by atoms with Crippen molar-refractivity contribution in [2.24, 2.45) is 5.92 Å². The lowest BCUT2D eigenvalue weighted by Crippen LogP contribution is -2.47. The number of hydrogen-bond donors (Lipinski definition) is 0. The molecule has 0 atom stereocenters. The molecule has 0 aliphatic carbocycles. The molecular formula is C13H19N5. The SMILES string of the molecule is CC(C)CN1CCN(c2cnc(C#N)cn2)CC1. The summed E-state index contributed by atoms with van der Waals surface area (Å²) in [5, 5.41) is 8.68. The molecule has 0 amide bonds. The summed E-state index contributed by atoms with van der Waals surface area (Å²) < 4.78 is 0. The molecule has 0 saturated carbocycles. The third-order valence-corrected chi connectivity index (χ3v) is 3.07. The summed E-state index contributed by atoms with van der Waals surface area (Å²) in [6.45, 7) is 9.75. The van der Waals surface area contributed by atoms with Crippen LogP contribution >= 0.6 is 0 Å². The summed E-state index contributed by atoms with van der Waals surface area (Å²) in [6.07, 6.45) is 3.23. The molecule has 96 valence electrons. The Morgan fingerprint density at radius 3 is 2.44 bits per heavy atom. The van der Waals surface area contributed by atoms with Gasteiger partial charge in [-0.15, -0.1) is 0 Å². The summed E-state index contributed by atoms with van der Waals surface area (Å²) in [4.78, 5) is 13.1. The van der Waals surface area contributed by atoms with Crippen molar-refractivity contribution in [3.8, 4) is 6.07 Å². The summed E-state index contributed by atoms with van der Waals surface area (Å²) in [5.74, 6) is 1.59. The van der Waals surface area contributed by atoms with Crippen LogP contribution in [0.2, 0.25) is 0 Å². The van der Waals surface area contributed by atoms with E-state index in [1.807, 2.05) is 6.07 Å². The molecule has 5 nitrogen and oxygen atoms in total. The van der Waals surface area contributed by atoms with Gasteiger partial charge in [-0.3, -0.25) is 4.90 Å². The van der Waals surface area contributed by atoms with E-state index in [9.17, 15) is 0 Å². The molecule has 2 rings (SSSR count). The largest absolute Gasteiger partial charge is 0.353 e. The first-order chi connectivity index (χ1) is 8.69. The van der Waals surface area contributed by atoms with Gasteiger partial charge in [0.1, 0.15) is 11.9 Å². The molecule has 0 aromatic carbocycles. The van der Waals surface area contributed by atoms with Crippen molar-refractivity contribution in [3.05, 3.63) is 18.1 Å². The van der Waals surface area contributed by atoms with Crippen LogP contribution in [0.5, 0.6) is 0 Å². The minimum Gasteiger partial charge on any atom is -0.353 e. The van der Waals surface area contributed by atoms with Gasteiger partial charge < -0.3 is 4.90 Å². The van der Waals surface area contributed by atoms with Gasteiger partial charge in [0.15, 0.2) is 5.69 Å². The van der Waals surface area contributed by atoms with Crippen LogP contribution in [0.4, 0.5) is 5.82 Å². The average Bonchev–Trinajstić information content (AvgIpc) is 2.39. The lowest BCUT2D eigenvalue weighted by Gasteiger charge is -2.35. The highest BCUT2D eigenvalue weighted by molar-refractivity contribution is 5.37. The molecule has 1 saturated heterocycles. The van der Waals surface area contributed by atoms with Crippen molar-refractivity contribution in [3.63, 3.8) is 0 Å².